The molecular formula is C17H25N3O2. The summed E-state index contributed by atoms with van der Waals surface area (Å²) in [5.41, 5.74) is 6.36. The van der Waals surface area contributed by atoms with Crippen molar-refractivity contribution in [1.29, 1.82) is 0 Å². The van der Waals surface area contributed by atoms with E-state index in [0.717, 1.165) is 25.0 Å². The number of nitrogens with two attached hydrogens (primary N) is 1. The number of hydrogen-bond donors (Lipinski definition) is 2. The molecule has 2 fully saturated rings. The third kappa shape index (κ3) is 2.07. The topological polar surface area (TPSA) is 77.2 Å². The summed E-state index contributed by atoms with van der Waals surface area (Å²) in [6, 6.07) is 3.72. The lowest BCUT2D eigenvalue weighted by molar-refractivity contribution is -0.225. The zero-order valence-electron chi connectivity index (χ0n) is 13.5. The van der Waals surface area contributed by atoms with Gasteiger partial charge in [-0.05, 0) is 31.4 Å². The molecule has 22 heavy (non-hydrogen) atoms. The summed E-state index contributed by atoms with van der Waals surface area (Å²) < 4.78 is 5.86. The summed E-state index contributed by atoms with van der Waals surface area (Å²) in [5.74, 6) is 0.0259. The molecule has 2 aliphatic rings. The van der Waals surface area contributed by atoms with E-state index in [0.29, 0.717) is 0 Å². The lowest BCUT2D eigenvalue weighted by atomic mass is 9.46. The minimum Gasteiger partial charge on any atom is -0.377 e. The number of carbonyl (C=O) groups is 1. The van der Waals surface area contributed by atoms with Gasteiger partial charge in [-0.3, -0.25) is 9.78 Å². The Hall–Kier alpha value is -1.46. The molecule has 0 radical (unpaired) electrons. The van der Waals surface area contributed by atoms with Gasteiger partial charge >= 0.3 is 0 Å². The molecule has 1 aromatic heterocycles. The molecular weight excluding hydrogens is 278 g/mol. The maximum Gasteiger partial charge on any atom is 0.241 e. The molecule has 4 unspecified atom stereocenters. The van der Waals surface area contributed by atoms with Gasteiger partial charge in [0.1, 0.15) is 5.54 Å². The Morgan fingerprint density at radius 3 is 3.00 bits per heavy atom. The number of fused-ring (bicyclic) bond motifs is 1. The van der Waals surface area contributed by atoms with E-state index in [9.17, 15) is 4.79 Å². The van der Waals surface area contributed by atoms with Gasteiger partial charge in [0.2, 0.25) is 5.91 Å². The molecule has 1 aliphatic heterocycles. The zero-order valence-corrected chi connectivity index (χ0v) is 13.5. The second-order valence-corrected chi connectivity index (χ2v) is 7.11. The fourth-order valence-electron chi connectivity index (χ4n) is 4.07. The molecule has 0 aromatic carbocycles. The quantitative estimate of drug-likeness (QED) is 0.892. The highest BCUT2D eigenvalue weighted by molar-refractivity contribution is 5.89. The Morgan fingerprint density at radius 1 is 1.55 bits per heavy atom. The lowest BCUT2D eigenvalue weighted by Gasteiger charge is -2.65. The van der Waals surface area contributed by atoms with Gasteiger partial charge in [-0.15, -0.1) is 0 Å². The molecule has 4 atom stereocenters. The van der Waals surface area contributed by atoms with Crippen molar-refractivity contribution in [3.8, 4) is 0 Å². The fraction of sp³-hybridized carbons (Fsp3) is 0.647. The van der Waals surface area contributed by atoms with Crippen LogP contribution in [-0.2, 0) is 9.53 Å². The first kappa shape index (κ1) is 15.4. The number of rotatable bonds is 3. The number of carbonyl (C=O) groups excluding carboxylic acids is 1. The highest BCUT2D eigenvalue weighted by atomic mass is 16.5. The van der Waals surface area contributed by atoms with Gasteiger partial charge < -0.3 is 15.8 Å². The van der Waals surface area contributed by atoms with Crippen LogP contribution in [0.25, 0.3) is 0 Å². The van der Waals surface area contributed by atoms with Crippen molar-refractivity contribution < 1.29 is 9.53 Å². The molecule has 5 heteroatoms. The van der Waals surface area contributed by atoms with Gasteiger partial charge in [-0.2, -0.15) is 0 Å². The van der Waals surface area contributed by atoms with E-state index in [1.54, 1.807) is 12.4 Å². The smallest absolute Gasteiger partial charge is 0.241 e. The summed E-state index contributed by atoms with van der Waals surface area (Å²) in [7, 11) is 0. The third-order valence-corrected chi connectivity index (χ3v) is 5.59. The van der Waals surface area contributed by atoms with E-state index in [1.165, 1.54) is 0 Å². The number of amides is 1. The molecule has 3 N–H and O–H groups in total. The highest BCUT2D eigenvalue weighted by Gasteiger charge is 2.70. The molecule has 3 rings (SSSR count). The van der Waals surface area contributed by atoms with Gasteiger partial charge in [0.05, 0.1) is 12.1 Å². The standard InChI is InChI=1S/C17H25N3O2/c1-11(12-6-4-8-19-10-12)20-15(21)17(18)13-7-5-9-22-14(13)16(17,2)3/h4,6,8,10-11,13-14H,5,7,9,18H2,1-3H3,(H,20,21). The largest absolute Gasteiger partial charge is 0.377 e. The van der Waals surface area contributed by atoms with E-state index in [-0.39, 0.29) is 29.4 Å². The van der Waals surface area contributed by atoms with Crippen LogP contribution < -0.4 is 11.1 Å². The van der Waals surface area contributed by atoms with Crippen molar-refractivity contribution >= 4 is 5.91 Å². The van der Waals surface area contributed by atoms with Gasteiger partial charge in [0, 0.05) is 30.3 Å². The molecule has 0 bridgehead atoms. The van der Waals surface area contributed by atoms with Gasteiger partial charge in [-0.25, -0.2) is 0 Å². The van der Waals surface area contributed by atoms with Crippen LogP contribution in [0.4, 0.5) is 0 Å². The molecule has 5 nitrogen and oxygen atoms in total. The average Bonchev–Trinajstić information content (AvgIpc) is 2.54. The summed E-state index contributed by atoms with van der Waals surface area (Å²) >= 11 is 0. The Balaban J connectivity index is 1.76. The maximum atomic E-state index is 12.9. The first-order valence-electron chi connectivity index (χ1n) is 8.00. The van der Waals surface area contributed by atoms with Crippen molar-refractivity contribution in [2.75, 3.05) is 6.61 Å². The van der Waals surface area contributed by atoms with E-state index >= 15 is 0 Å². The minimum absolute atomic E-state index is 0.0828. The Kier molecular flexibility index (Phi) is 3.73. The molecule has 1 saturated heterocycles. The Bertz CT molecular complexity index is 560. The van der Waals surface area contributed by atoms with Crippen molar-refractivity contribution in [1.82, 2.24) is 10.3 Å². The highest BCUT2D eigenvalue weighted by Crippen LogP contribution is 2.57. The molecule has 1 amide bonds. The summed E-state index contributed by atoms with van der Waals surface area (Å²) in [4.78, 5) is 17.0. The number of nitrogens with one attached hydrogen (secondary N) is 1. The maximum absolute atomic E-state index is 12.9. The number of pyridine rings is 1. The Labute approximate surface area is 131 Å². The molecule has 0 spiro atoms. The van der Waals surface area contributed by atoms with E-state index in [4.69, 9.17) is 10.5 Å². The molecule has 120 valence electrons. The van der Waals surface area contributed by atoms with Gasteiger partial charge in [0.25, 0.3) is 0 Å². The van der Waals surface area contributed by atoms with E-state index < -0.39 is 5.54 Å². The van der Waals surface area contributed by atoms with Crippen LogP contribution in [0.5, 0.6) is 0 Å². The molecule has 1 aliphatic carbocycles. The summed E-state index contributed by atoms with van der Waals surface area (Å²) in [5, 5.41) is 3.07. The van der Waals surface area contributed by atoms with Crippen LogP contribution in [0, 0.1) is 11.3 Å². The van der Waals surface area contributed by atoms with Crippen LogP contribution in [-0.4, -0.2) is 29.1 Å². The number of hydrogen-bond acceptors (Lipinski definition) is 4. The van der Waals surface area contributed by atoms with Crippen molar-refractivity contribution in [2.24, 2.45) is 17.1 Å². The Morgan fingerprint density at radius 2 is 2.32 bits per heavy atom. The molecule has 1 saturated carbocycles. The van der Waals surface area contributed by atoms with Crippen LogP contribution in [0.1, 0.15) is 45.2 Å². The molecule has 1 aromatic rings. The SMILES string of the molecule is CC(NC(=O)C1(N)C2CCCOC2C1(C)C)c1cccnc1. The third-order valence-electron chi connectivity index (χ3n) is 5.59. The number of ether oxygens (including phenoxy) is 1. The van der Waals surface area contributed by atoms with Crippen LogP contribution in [0.2, 0.25) is 0 Å². The minimum atomic E-state index is -0.867. The number of nitrogens with zero attached hydrogens (tertiary/aromatic N) is 1. The fourth-order valence-corrected chi connectivity index (χ4v) is 4.07. The summed E-state index contributed by atoms with van der Waals surface area (Å²) in [6.07, 6.45) is 5.51. The van der Waals surface area contributed by atoms with Gasteiger partial charge in [0.15, 0.2) is 0 Å². The predicted octanol–water partition coefficient (Wildman–Crippen LogP) is 1.79. The lowest BCUT2D eigenvalue weighted by Crippen LogP contribution is -2.82. The second kappa shape index (κ2) is 5.32. The normalized spacial score (nSPS) is 34.2. The van der Waals surface area contributed by atoms with Crippen molar-refractivity contribution in [2.45, 2.75) is 51.3 Å². The van der Waals surface area contributed by atoms with Crippen molar-refractivity contribution in [3.63, 3.8) is 0 Å². The van der Waals surface area contributed by atoms with Crippen molar-refractivity contribution in [3.05, 3.63) is 30.1 Å². The van der Waals surface area contributed by atoms with Gasteiger partial charge in [-0.1, -0.05) is 19.9 Å². The average molecular weight is 303 g/mol. The number of aromatic nitrogens is 1. The monoisotopic (exact) mass is 303 g/mol. The van der Waals surface area contributed by atoms with Crippen LogP contribution in [0.15, 0.2) is 24.5 Å². The first-order valence-corrected chi connectivity index (χ1v) is 8.00. The second-order valence-electron chi connectivity index (χ2n) is 7.11. The van der Waals surface area contributed by atoms with Crippen LogP contribution >= 0.6 is 0 Å². The predicted molar refractivity (Wildman–Crippen MR) is 84.0 cm³/mol. The van der Waals surface area contributed by atoms with E-state index in [2.05, 4.69) is 10.3 Å². The first-order chi connectivity index (χ1) is 10.4. The van der Waals surface area contributed by atoms with E-state index in [1.807, 2.05) is 32.9 Å². The van der Waals surface area contributed by atoms with Crippen LogP contribution in [0.3, 0.4) is 0 Å². The molecule has 2 heterocycles. The summed E-state index contributed by atoms with van der Waals surface area (Å²) in [6.45, 7) is 6.80. The zero-order chi connectivity index (χ0) is 16.0.